The zero-order valence-electron chi connectivity index (χ0n) is 38.1. The third kappa shape index (κ3) is 5.62. The maximum absolute atomic E-state index is 2.52. The molecule has 0 amide bonds. The Morgan fingerprint density at radius 3 is 1.66 bits per heavy atom. The first-order valence-electron chi connectivity index (χ1n) is 24.0. The summed E-state index contributed by atoms with van der Waals surface area (Å²) in [5.41, 5.74) is 24.6. The number of hydrogen-bond donors (Lipinski definition) is 0. The molecule has 0 saturated heterocycles. The molecule has 1 aromatic heterocycles. The highest BCUT2D eigenvalue weighted by Gasteiger charge is 2.48. The highest BCUT2D eigenvalue weighted by molar-refractivity contribution is 7.25. The third-order valence-corrected chi connectivity index (χ3v) is 16.9. The first-order chi connectivity index (χ1) is 33.5. The van der Waals surface area contributed by atoms with Crippen LogP contribution in [-0.2, 0) is 17.3 Å². The summed E-state index contributed by atoms with van der Waals surface area (Å²) in [5.74, 6) is 0. The average molecular weight is 886 g/mol. The summed E-state index contributed by atoms with van der Waals surface area (Å²) >= 11 is 1.88. The van der Waals surface area contributed by atoms with Gasteiger partial charge in [-0.25, -0.2) is 0 Å². The van der Waals surface area contributed by atoms with Gasteiger partial charge in [0.2, 0.25) is 0 Å². The first kappa shape index (κ1) is 39.4. The number of hydrogen-bond acceptors (Lipinski definition) is 2. The fourth-order valence-corrected chi connectivity index (χ4v) is 13.9. The molecule has 1 spiro atoms. The van der Waals surface area contributed by atoms with E-state index in [-0.39, 0.29) is 10.8 Å². The SMILES string of the molecule is CC1(C)c2ccccc2-c2cccc(-c3ccccc3-c3ccc(N(c4ccc(-c5cccc6sc7ccccc7c56)cc4)c4ccc5c(c4)C4(CCc6ccccc64)c4ccccc4-5)cc3)c21. The highest BCUT2D eigenvalue weighted by atomic mass is 32.1. The number of nitrogens with zero attached hydrogens (tertiary/aromatic N) is 1. The van der Waals surface area contributed by atoms with Crippen LogP contribution in [0.15, 0.2) is 224 Å². The Kier molecular flexibility index (Phi) is 8.61. The zero-order chi connectivity index (χ0) is 45.1. The number of thiophene rings is 1. The Labute approximate surface area is 402 Å². The van der Waals surface area contributed by atoms with E-state index in [0.29, 0.717) is 0 Å². The molecule has 1 heterocycles. The molecule has 322 valence electrons. The molecule has 0 bridgehead atoms. The van der Waals surface area contributed by atoms with Crippen LogP contribution in [0.5, 0.6) is 0 Å². The van der Waals surface area contributed by atoms with Crippen molar-refractivity contribution in [2.24, 2.45) is 0 Å². The number of aryl methyl sites for hydroxylation is 1. The van der Waals surface area contributed by atoms with Crippen molar-refractivity contribution in [2.45, 2.75) is 37.5 Å². The van der Waals surface area contributed by atoms with Crippen molar-refractivity contribution in [1.82, 2.24) is 0 Å². The lowest BCUT2D eigenvalue weighted by Gasteiger charge is -2.31. The van der Waals surface area contributed by atoms with Crippen molar-refractivity contribution in [3.05, 3.63) is 258 Å². The fraction of sp³-hybridized carbons (Fsp3) is 0.0909. The van der Waals surface area contributed by atoms with Gasteiger partial charge < -0.3 is 4.90 Å². The van der Waals surface area contributed by atoms with Crippen LogP contribution >= 0.6 is 11.3 Å². The minimum absolute atomic E-state index is 0.115. The molecule has 1 unspecified atom stereocenters. The molecule has 14 rings (SSSR count). The van der Waals surface area contributed by atoms with Crippen LogP contribution in [0.3, 0.4) is 0 Å². The van der Waals surface area contributed by atoms with Crippen LogP contribution in [0.1, 0.15) is 53.6 Å². The standard InChI is InChI=1S/C66H47NS/c1-65(2)58-25-10-6-19-52(58)55-23-13-22-54(64(55)65)50-17-5-4-16-48(50)42-29-33-45(34-30-42)67(46-35-31-43(32-36-46)49-21-14-28-62-63(49)56-20-8-12-27-61(56)68-62)47-37-38-53-51-18-7-11-26-59(51)66(60(53)41-47)40-39-44-15-3-9-24-57(44)66/h3-38,41H,39-40H2,1-2H3. The summed E-state index contributed by atoms with van der Waals surface area (Å²) < 4.78 is 2.65. The second kappa shape index (κ2) is 14.9. The molecule has 0 radical (unpaired) electrons. The maximum atomic E-state index is 2.52. The van der Waals surface area contributed by atoms with Gasteiger partial charge in [0, 0.05) is 48.1 Å². The fourth-order valence-electron chi connectivity index (χ4n) is 12.7. The summed E-state index contributed by atoms with van der Waals surface area (Å²) in [4.78, 5) is 2.47. The predicted molar refractivity (Wildman–Crippen MR) is 288 cm³/mol. The molecule has 68 heavy (non-hydrogen) atoms. The smallest absolute Gasteiger partial charge is 0.0470 e. The van der Waals surface area contributed by atoms with Crippen molar-refractivity contribution in [3.63, 3.8) is 0 Å². The van der Waals surface area contributed by atoms with Gasteiger partial charge in [-0.15, -0.1) is 11.3 Å². The molecule has 0 N–H and O–H groups in total. The number of anilines is 3. The molecule has 0 saturated carbocycles. The lowest BCUT2D eigenvalue weighted by atomic mass is 9.73. The molecular formula is C66H47NS. The van der Waals surface area contributed by atoms with Gasteiger partial charge in [0.05, 0.1) is 0 Å². The number of fused-ring (bicyclic) bond motifs is 13. The van der Waals surface area contributed by atoms with E-state index in [1.807, 2.05) is 11.3 Å². The van der Waals surface area contributed by atoms with Crippen LogP contribution in [0.2, 0.25) is 0 Å². The lowest BCUT2D eigenvalue weighted by Crippen LogP contribution is -2.24. The van der Waals surface area contributed by atoms with E-state index in [1.54, 1.807) is 0 Å². The summed E-state index contributed by atoms with van der Waals surface area (Å²) in [5, 5.41) is 2.66. The van der Waals surface area contributed by atoms with Crippen LogP contribution in [-0.4, -0.2) is 0 Å². The van der Waals surface area contributed by atoms with Gasteiger partial charge in [0.25, 0.3) is 0 Å². The molecule has 1 nitrogen and oxygen atoms in total. The van der Waals surface area contributed by atoms with Crippen molar-refractivity contribution in [3.8, 4) is 55.6 Å². The number of benzene rings is 10. The van der Waals surface area contributed by atoms with E-state index in [4.69, 9.17) is 0 Å². The molecule has 11 aromatic rings. The van der Waals surface area contributed by atoms with Gasteiger partial charge in [0.1, 0.15) is 0 Å². The average Bonchev–Trinajstić information content (AvgIpc) is 4.12. The molecule has 1 atom stereocenters. The Balaban J connectivity index is 0.913. The second-order valence-electron chi connectivity index (χ2n) is 19.5. The van der Waals surface area contributed by atoms with Gasteiger partial charge in [-0.2, -0.15) is 0 Å². The molecule has 3 aliphatic rings. The summed E-state index contributed by atoms with van der Waals surface area (Å²) in [7, 11) is 0. The van der Waals surface area contributed by atoms with Crippen LogP contribution in [0.4, 0.5) is 17.1 Å². The van der Waals surface area contributed by atoms with Crippen molar-refractivity contribution < 1.29 is 0 Å². The molecule has 10 aromatic carbocycles. The molecule has 2 heteroatoms. The van der Waals surface area contributed by atoms with Crippen LogP contribution in [0.25, 0.3) is 75.8 Å². The molecular weight excluding hydrogens is 839 g/mol. The quantitative estimate of drug-likeness (QED) is 0.161. The van der Waals surface area contributed by atoms with Gasteiger partial charge in [0.15, 0.2) is 0 Å². The van der Waals surface area contributed by atoms with E-state index in [9.17, 15) is 0 Å². The Morgan fingerprint density at radius 2 is 0.897 bits per heavy atom. The molecule has 0 fully saturated rings. The lowest BCUT2D eigenvalue weighted by molar-refractivity contribution is 0.626. The largest absolute Gasteiger partial charge is 0.310 e. The van der Waals surface area contributed by atoms with Gasteiger partial charge in [-0.3, -0.25) is 0 Å². The predicted octanol–water partition coefficient (Wildman–Crippen LogP) is 18.1. The summed E-state index contributed by atoms with van der Waals surface area (Å²) in [6.07, 6.45) is 2.14. The zero-order valence-corrected chi connectivity index (χ0v) is 38.9. The minimum atomic E-state index is -0.183. The van der Waals surface area contributed by atoms with E-state index in [2.05, 4.69) is 243 Å². The topological polar surface area (TPSA) is 3.24 Å². The monoisotopic (exact) mass is 885 g/mol. The minimum Gasteiger partial charge on any atom is -0.310 e. The van der Waals surface area contributed by atoms with Crippen molar-refractivity contribution >= 4 is 48.6 Å². The highest BCUT2D eigenvalue weighted by Crippen LogP contribution is 2.59. The number of rotatable bonds is 6. The molecule has 3 aliphatic carbocycles. The van der Waals surface area contributed by atoms with E-state index in [0.717, 1.165) is 29.9 Å². The second-order valence-corrected chi connectivity index (χ2v) is 20.6. The van der Waals surface area contributed by atoms with Crippen LogP contribution in [0, 0.1) is 0 Å². The third-order valence-electron chi connectivity index (χ3n) is 15.7. The van der Waals surface area contributed by atoms with Crippen molar-refractivity contribution in [2.75, 3.05) is 4.90 Å². The van der Waals surface area contributed by atoms with Crippen molar-refractivity contribution in [1.29, 1.82) is 0 Å². The molecule has 0 aliphatic heterocycles. The maximum Gasteiger partial charge on any atom is 0.0470 e. The normalized spacial score (nSPS) is 15.9. The van der Waals surface area contributed by atoms with E-state index < -0.39 is 0 Å². The first-order valence-corrected chi connectivity index (χ1v) is 24.9. The van der Waals surface area contributed by atoms with Gasteiger partial charge >= 0.3 is 0 Å². The Bertz CT molecular complexity index is 3830. The van der Waals surface area contributed by atoms with Crippen LogP contribution < -0.4 is 4.90 Å². The summed E-state index contributed by atoms with van der Waals surface area (Å²) in [6.45, 7) is 4.77. The van der Waals surface area contributed by atoms with E-state index in [1.165, 1.54) is 109 Å². The van der Waals surface area contributed by atoms with E-state index >= 15 is 0 Å². The Morgan fingerprint density at radius 1 is 0.382 bits per heavy atom. The summed E-state index contributed by atoms with van der Waals surface area (Å²) in [6, 6.07) is 84.5. The Hall–Kier alpha value is -7.78. The van der Waals surface area contributed by atoms with Gasteiger partial charge in [-0.1, -0.05) is 190 Å². The van der Waals surface area contributed by atoms with Gasteiger partial charge in [-0.05, 0) is 150 Å².